The normalized spacial score (nSPS) is 21.7. The van der Waals surface area contributed by atoms with Gasteiger partial charge in [0.25, 0.3) is 5.91 Å². The Morgan fingerprint density at radius 1 is 0.688 bits per heavy atom. The van der Waals surface area contributed by atoms with E-state index >= 15 is 0 Å². The van der Waals surface area contributed by atoms with Crippen LogP contribution in [0.4, 0.5) is 4.79 Å². The van der Waals surface area contributed by atoms with Crippen molar-refractivity contribution in [2.45, 2.75) is 32.9 Å². The number of imide groups is 1. The van der Waals surface area contributed by atoms with Crippen LogP contribution in [0, 0.1) is 0 Å². The van der Waals surface area contributed by atoms with Gasteiger partial charge in [0, 0.05) is 70.5 Å². The fourth-order valence-electron chi connectivity index (χ4n) is 8.00. The van der Waals surface area contributed by atoms with Crippen LogP contribution in [0.5, 0.6) is 0 Å². The van der Waals surface area contributed by atoms with Gasteiger partial charge >= 0.3 is 6.03 Å². The number of aryl methyl sites for hydroxylation is 2. The molecule has 4 aromatic carbocycles. The summed E-state index contributed by atoms with van der Waals surface area (Å²) in [6.07, 6.45) is 8.55. The van der Waals surface area contributed by atoms with Crippen molar-refractivity contribution in [2.24, 2.45) is 14.1 Å². The number of aliphatic hydroxyl groups excluding tert-OH is 1. The lowest BCUT2D eigenvalue weighted by Crippen LogP contribution is -2.58. The quantitative estimate of drug-likeness (QED) is 0.234. The number of aromatic nitrogens is 2. The second kappa shape index (κ2) is 11.4. The second-order valence-corrected chi connectivity index (χ2v) is 12.7. The van der Waals surface area contributed by atoms with Gasteiger partial charge in [0.15, 0.2) is 6.23 Å². The Bertz CT molecular complexity index is 2370. The van der Waals surface area contributed by atoms with E-state index in [4.69, 9.17) is 0 Å². The van der Waals surface area contributed by atoms with Gasteiger partial charge in [0.05, 0.1) is 5.57 Å². The Morgan fingerprint density at radius 3 is 1.62 bits per heavy atom. The van der Waals surface area contributed by atoms with Gasteiger partial charge in [0.1, 0.15) is 0 Å². The van der Waals surface area contributed by atoms with Crippen LogP contribution in [0.15, 0.2) is 107 Å². The Hall–Kier alpha value is -5.40. The molecule has 48 heavy (non-hydrogen) atoms. The number of likely N-dealkylation sites (N-methyl/N-ethyl adjacent to an activating group) is 2. The molecule has 1 unspecified atom stereocenters. The van der Waals surface area contributed by atoms with E-state index in [1.807, 2.05) is 6.92 Å². The van der Waals surface area contributed by atoms with Gasteiger partial charge < -0.3 is 14.2 Å². The molecule has 1 saturated heterocycles. The molecule has 1 aliphatic carbocycles. The highest BCUT2D eigenvalue weighted by Crippen LogP contribution is 2.41. The lowest BCUT2D eigenvalue weighted by atomic mass is 9.94. The molecule has 3 amide bonds. The topological polar surface area (TPSA) is 70.7 Å². The molecule has 240 valence electrons. The van der Waals surface area contributed by atoms with Crippen molar-refractivity contribution in [3.05, 3.63) is 118 Å². The van der Waals surface area contributed by atoms with E-state index in [0.717, 1.165) is 38.5 Å². The standard InChI is InChI=1S/C41H38N4O3/c1-5-44-39(46)38(40(47)45(6-2)41(44)48)35-27(21-23-31-29-15-7-11-25-13-9-17-33(36(25)29)42(31)3)19-20-28(35)22-24-32-30-16-8-12-26-14-10-18-34(37(26)30)43(32)4/h7-18,21-24,39,46H,5-6,19-20H2,1-4H3/b27-21-,28-22+,31-23-,32-24-,38-35?. The van der Waals surface area contributed by atoms with Gasteiger partial charge in [-0.05, 0) is 78.5 Å². The molecule has 2 aliphatic rings. The first-order chi connectivity index (χ1) is 23.3. The third kappa shape index (κ3) is 4.31. The molecule has 3 heterocycles. The fraction of sp³-hybridized carbons (Fsp3) is 0.220. The minimum absolute atomic E-state index is 0.226. The van der Waals surface area contributed by atoms with E-state index in [9.17, 15) is 14.7 Å². The average molecular weight is 635 g/mol. The zero-order chi connectivity index (χ0) is 33.3. The summed E-state index contributed by atoms with van der Waals surface area (Å²) < 4.78 is 4.42. The summed E-state index contributed by atoms with van der Waals surface area (Å²) in [6.45, 7) is 4.13. The average Bonchev–Trinajstić information content (AvgIpc) is 3.71. The third-order valence-corrected chi connectivity index (χ3v) is 10.4. The Kier molecular flexibility index (Phi) is 7.11. The number of amides is 3. The van der Waals surface area contributed by atoms with E-state index in [-0.39, 0.29) is 18.7 Å². The Morgan fingerprint density at radius 2 is 1.17 bits per heavy atom. The van der Waals surface area contributed by atoms with Crippen molar-refractivity contribution in [2.75, 3.05) is 13.1 Å². The number of carbonyl (C=O) groups is 2. The molecule has 0 radical (unpaired) electrons. The minimum Gasteiger partial charge on any atom is -0.369 e. The molecule has 0 bridgehead atoms. The van der Waals surface area contributed by atoms with E-state index in [1.165, 1.54) is 42.1 Å². The van der Waals surface area contributed by atoms with Crippen molar-refractivity contribution in [3.8, 4) is 0 Å². The Balaban J connectivity index is 1.36. The van der Waals surface area contributed by atoms with Crippen molar-refractivity contribution in [1.82, 2.24) is 18.9 Å². The van der Waals surface area contributed by atoms with Crippen LogP contribution in [0.2, 0.25) is 0 Å². The van der Waals surface area contributed by atoms with Crippen LogP contribution in [0.25, 0.3) is 55.5 Å². The van der Waals surface area contributed by atoms with Crippen LogP contribution in [-0.2, 0) is 18.9 Å². The van der Waals surface area contributed by atoms with E-state index in [1.54, 1.807) is 6.92 Å². The fourth-order valence-corrected chi connectivity index (χ4v) is 8.00. The van der Waals surface area contributed by atoms with Gasteiger partial charge in [0.2, 0.25) is 0 Å². The number of benzene rings is 4. The lowest BCUT2D eigenvalue weighted by molar-refractivity contribution is -0.130. The molecule has 1 saturated carbocycles. The smallest absolute Gasteiger partial charge is 0.329 e. The summed E-state index contributed by atoms with van der Waals surface area (Å²) in [5.41, 5.74) is 5.26. The van der Waals surface area contributed by atoms with Crippen LogP contribution < -0.4 is 10.7 Å². The summed E-state index contributed by atoms with van der Waals surface area (Å²) >= 11 is 0. The first-order valence-corrected chi connectivity index (χ1v) is 16.7. The molecular formula is C41H38N4O3. The molecule has 0 spiro atoms. The third-order valence-electron chi connectivity index (χ3n) is 10.4. The van der Waals surface area contributed by atoms with Crippen LogP contribution >= 0.6 is 0 Å². The van der Waals surface area contributed by atoms with Crippen molar-refractivity contribution < 1.29 is 14.7 Å². The number of carbonyl (C=O) groups excluding carboxylic acids is 2. The maximum absolute atomic E-state index is 14.1. The largest absolute Gasteiger partial charge is 0.369 e. The molecule has 8 rings (SSSR count). The van der Waals surface area contributed by atoms with E-state index < -0.39 is 18.2 Å². The molecule has 1 aliphatic heterocycles. The summed E-state index contributed by atoms with van der Waals surface area (Å²) in [5.74, 6) is -0.431. The number of rotatable bonds is 4. The van der Waals surface area contributed by atoms with Gasteiger partial charge in [-0.1, -0.05) is 72.8 Å². The maximum Gasteiger partial charge on any atom is 0.329 e. The monoisotopic (exact) mass is 634 g/mol. The van der Waals surface area contributed by atoms with Crippen LogP contribution in [0.1, 0.15) is 26.7 Å². The predicted octanol–water partition coefficient (Wildman–Crippen LogP) is 6.24. The first-order valence-electron chi connectivity index (χ1n) is 16.7. The minimum atomic E-state index is -1.34. The zero-order valence-corrected chi connectivity index (χ0v) is 27.7. The Labute approximate surface area is 278 Å². The summed E-state index contributed by atoms with van der Waals surface area (Å²) in [7, 11) is 4.17. The SMILES string of the molecule is CCN1C(=O)C(=C2/C(=C\C=c3\c4cccc5cccc(c54)n3C)CC/C2=C\C=c2\c3cccc4cccc(c43)n2C)C(O)N(CC)C1=O. The first kappa shape index (κ1) is 30.0. The second-order valence-electron chi connectivity index (χ2n) is 12.7. The van der Waals surface area contributed by atoms with Crippen LogP contribution in [-0.4, -0.2) is 55.3 Å². The number of hydrogen-bond acceptors (Lipinski definition) is 3. The number of hydrogen-bond donors (Lipinski definition) is 1. The van der Waals surface area contributed by atoms with E-state index in [0.29, 0.717) is 12.8 Å². The number of aliphatic hydroxyl groups is 1. The molecule has 7 nitrogen and oxygen atoms in total. The number of allylic oxidation sites excluding steroid dienone is 5. The van der Waals surface area contributed by atoms with Gasteiger partial charge in [-0.3, -0.25) is 14.6 Å². The molecular weight excluding hydrogens is 596 g/mol. The summed E-state index contributed by atoms with van der Waals surface area (Å²) in [5, 5.41) is 21.0. The lowest BCUT2D eigenvalue weighted by Gasteiger charge is -2.39. The summed E-state index contributed by atoms with van der Waals surface area (Å²) in [4.78, 5) is 29.9. The molecule has 2 aromatic heterocycles. The van der Waals surface area contributed by atoms with Crippen LogP contribution in [0.3, 0.4) is 0 Å². The van der Waals surface area contributed by atoms with Crippen molar-refractivity contribution in [1.29, 1.82) is 0 Å². The molecule has 1 N–H and O–H groups in total. The molecule has 6 aromatic rings. The van der Waals surface area contributed by atoms with Gasteiger partial charge in [-0.2, -0.15) is 0 Å². The molecule has 2 fully saturated rings. The molecule has 7 heteroatoms. The summed E-state index contributed by atoms with van der Waals surface area (Å²) in [6, 6.07) is 25.0. The predicted molar refractivity (Wildman–Crippen MR) is 194 cm³/mol. The maximum atomic E-state index is 14.1. The van der Waals surface area contributed by atoms with Crippen molar-refractivity contribution >= 4 is 67.4 Å². The zero-order valence-electron chi connectivity index (χ0n) is 27.7. The highest BCUT2D eigenvalue weighted by molar-refractivity contribution is 6.11. The number of nitrogens with zero attached hydrogens (tertiary/aromatic N) is 4. The highest BCUT2D eigenvalue weighted by atomic mass is 16.3. The molecule has 1 atom stereocenters. The van der Waals surface area contributed by atoms with Crippen molar-refractivity contribution in [3.63, 3.8) is 0 Å². The van der Waals surface area contributed by atoms with E-state index in [2.05, 4.69) is 120 Å². The highest BCUT2D eigenvalue weighted by Gasteiger charge is 2.43. The van der Waals surface area contributed by atoms with Gasteiger partial charge in [-0.25, -0.2) is 4.79 Å². The van der Waals surface area contributed by atoms with Gasteiger partial charge in [-0.15, -0.1) is 0 Å². The number of urea groups is 1.